The van der Waals surface area contributed by atoms with Gasteiger partial charge in [0.1, 0.15) is 12.0 Å². The molecule has 3 aromatic heterocycles. The van der Waals surface area contributed by atoms with Gasteiger partial charge in [-0.25, -0.2) is 15.0 Å². The number of carbonyl (C=O) groups is 1. The van der Waals surface area contributed by atoms with E-state index in [1.807, 2.05) is 0 Å². The topological polar surface area (TPSA) is 87.7 Å². The number of amides is 1. The summed E-state index contributed by atoms with van der Waals surface area (Å²) in [7, 11) is 0. The van der Waals surface area contributed by atoms with Gasteiger partial charge in [0.25, 0.3) is 5.91 Å². The second-order valence-corrected chi connectivity index (χ2v) is 7.97. The summed E-state index contributed by atoms with van der Waals surface area (Å²) in [5, 5.41) is 7.00. The van der Waals surface area contributed by atoms with Crippen LogP contribution in [0.25, 0.3) is 22.4 Å². The molecular weight excluding hydrogens is 445 g/mol. The number of nitrogens with one attached hydrogen (secondary N) is 1. The van der Waals surface area contributed by atoms with E-state index in [-0.39, 0.29) is 17.6 Å². The molecule has 10 heteroatoms. The van der Waals surface area contributed by atoms with Crippen molar-refractivity contribution in [3.05, 3.63) is 84.3 Å². The molecule has 0 bridgehead atoms. The van der Waals surface area contributed by atoms with Gasteiger partial charge in [0.2, 0.25) is 0 Å². The zero-order valence-corrected chi connectivity index (χ0v) is 17.8. The highest BCUT2D eigenvalue weighted by Gasteiger charge is 2.35. The monoisotopic (exact) mass is 464 g/mol. The summed E-state index contributed by atoms with van der Waals surface area (Å²) in [4.78, 5) is 27.6. The van der Waals surface area contributed by atoms with E-state index in [0.717, 1.165) is 18.6 Å². The maximum Gasteiger partial charge on any atom is 0.416 e. The van der Waals surface area contributed by atoms with Crippen LogP contribution in [-0.2, 0) is 6.18 Å². The molecule has 1 aromatic carbocycles. The lowest BCUT2D eigenvalue weighted by atomic mass is 9.99. The van der Waals surface area contributed by atoms with Gasteiger partial charge in [-0.3, -0.25) is 9.89 Å². The van der Waals surface area contributed by atoms with E-state index in [9.17, 15) is 18.0 Å². The SMILES string of the molecule is O=C(c1cccc(-c2cncnc2)n1)N1CCC[C@@H]1c1[nH]ncc1-c1cccc(C(F)(F)F)c1. The Hall–Kier alpha value is -4.08. The second kappa shape index (κ2) is 8.69. The molecule has 0 saturated carbocycles. The molecule has 1 aliphatic heterocycles. The van der Waals surface area contributed by atoms with Crippen LogP contribution in [0.1, 0.15) is 40.6 Å². The first-order valence-electron chi connectivity index (χ1n) is 10.7. The third kappa shape index (κ3) is 4.14. The van der Waals surface area contributed by atoms with Crippen LogP contribution in [0.2, 0.25) is 0 Å². The summed E-state index contributed by atoms with van der Waals surface area (Å²) in [6.07, 6.45) is 3.12. The number of H-pyrrole nitrogens is 1. The minimum atomic E-state index is -4.45. The third-order valence-corrected chi connectivity index (χ3v) is 5.84. The highest BCUT2D eigenvalue weighted by atomic mass is 19.4. The Bertz CT molecular complexity index is 1320. The lowest BCUT2D eigenvalue weighted by Crippen LogP contribution is -2.31. The van der Waals surface area contributed by atoms with Gasteiger partial charge in [0.05, 0.1) is 29.2 Å². The third-order valence-electron chi connectivity index (χ3n) is 5.84. The van der Waals surface area contributed by atoms with E-state index in [1.54, 1.807) is 41.6 Å². The smallest absolute Gasteiger partial charge is 0.329 e. The van der Waals surface area contributed by atoms with Crippen molar-refractivity contribution in [2.75, 3.05) is 6.54 Å². The number of likely N-dealkylation sites (tertiary alicyclic amines) is 1. The van der Waals surface area contributed by atoms with Gasteiger partial charge in [-0.15, -0.1) is 0 Å². The molecule has 4 aromatic rings. The first kappa shape index (κ1) is 21.7. The van der Waals surface area contributed by atoms with Crippen LogP contribution in [0, 0.1) is 0 Å². The fraction of sp³-hybridized carbons (Fsp3) is 0.208. The molecule has 1 amide bonds. The fourth-order valence-corrected chi connectivity index (χ4v) is 4.25. The standard InChI is InChI=1S/C24H19F3N6O/c25-24(26,27)17-5-1-4-15(10-17)18-13-30-32-22(18)21-8-3-9-33(21)23(34)20-7-2-6-19(31-20)16-11-28-14-29-12-16/h1-2,4-7,10-14,21H,3,8-9H2,(H,30,32)/t21-/m1/s1. The van der Waals surface area contributed by atoms with Crippen molar-refractivity contribution < 1.29 is 18.0 Å². The van der Waals surface area contributed by atoms with Gasteiger partial charge in [-0.1, -0.05) is 18.2 Å². The highest BCUT2D eigenvalue weighted by molar-refractivity contribution is 5.93. The fourth-order valence-electron chi connectivity index (χ4n) is 4.25. The van der Waals surface area contributed by atoms with E-state index >= 15 is 0 Å². The number of pyridine rings is 1. The Morgan fingerprint density at radius 3 is 2.62 bits per heavy atom. The number of aromatic amines is 1. The highest BCUT2D eigenvalue weighted by Crippen LogP contribution is 2.39. The molecule has 5 rings (SSSR count). The summed E-state index contributed by atoms with van der Waals surface area (Å²) in [6, 6.07) is 9.92. The molecule has 1 N–H and O–H groups in total. The van der Waals surface area contributed by atoms with Crippen molar-refractivity contribution in [3.8, 4) is 22.4 Å². The molecule has 1 saturated heterocycles. The second-order valence-electron chi connectivity index (χ2n) is 7.97. The Morgan fingerprint density at radius 2 is 1.82 bits per heavy atom. The number of rotatable bonds is 4. The predicted octanol–water partition coefficient (Wildman–Crippen LogP) is 4.92. The van der Waals surface area contributed by atoms with E-state index in [4.69, 9.17) is 0 Å². The number of carbonyl (C=O) groups excluding carboxylic acids is 1. The molecule has 0 unspecified atom stereocenters. The molecule has 4 heterocycles. The lowest BCUT2D eigenvalue weighted by Gasteiger charge is -2.24. The van der Waals surface area contributed by atoms with Crippen LogP contribution >= 0.6 is 0 Å². The number of alkyl halides is 3. The van der Waals surface area contributed by atoms with Gasteiger partial charge < -0.3 is 4.90 Å². The summed E-state index contributed by atoms with van der Waals surface area (Å²) < 4.78 is 39.7. The van der Waals surface area contributed by atoms with Crippen molar-refractivity contribution in [3.63, 3.8) is 0 Å². The zero-order valence-electron chi connectivity index (χ0n) is 17.8. The number of aromatic nitrogens is 5. The van der Waals surface area contributed by atoms with E-state index in [1.165, 1.54) is 18.6 Å². The van der Waals surface area contributed by atoms with E-state index in [2.05, 4.69) is 25.1 Å². The van der Waals surface area contributed by atoms with Gasteiger partial charge >= 0.3 is 6.18 Å². The van der Waals surface area contributed by atoms with Gasteiger partial charge in [-0.05, 0) is 42.7 Å². The summed E-state index contributed by atoms with van der Waals surface area (Å²) in [5.74, 6) is -0.259. The maximum atomic E-state index is 13.4. The average Bonchev–Trinajstić information content (AvgIpc) is 3.53. The summed E-state index contributed by atoms with van der Waals surface area (Å²) in [5.41, 5.74) is 2.35. The predicted molar refractivity (Wildman–Crippen MR) is 117 cm³/mol. The van der Waals surface area contributed by atoms with Crippen molar-refractivity contribution in [2.45, 2.75) is 25.1 Å². The Kier molecular flexibility index (Phi) is 5.56. The molecule has 1 fully saturated rings. The maximum absolute atomic E-state index is 13.4. The van der Waals surface area contributed by atoms with Crippen molar-refractivity contribution in [1.29, 1.82) is 0 Å². The quantitative estimate of drug-likeness (QED) is 0.463. The number of benzene rings is 1. The number of hydrogen-bond acceptors (Lipinski definition) is 5. The van der Waals surface area contributed by atoms with Crippen LogP contribution < -0.4 is 0 Å². The first-order chi connectivity index (χ1) is 16.4. The van der Waals surface area contributed by atoms with Crippen molar-refractivity contribution in [1.82, 2.24) is 30.0 Å². The molecule has 34 heavy (non-hydrogen) atoms. The minimum absolute atomic E-state index is 0.259. The number of hydrogen-bond donors (Lipinski definition) is 1. The molecule has 0 radical (unpaired) electrons. The van der Waals surface area contributed by atoms with E-state index < -0.39 is 11.7 Å². The van der Waals surface area contributed by atoms with Crippen LogP contribution in [0.3, 0.4) is 0 Å². The Labute approximate surface area is 192 Å². The molecule has 1 aliphatic rings. The van der Waals surface area contributed by atoms with Gasteiger partial charge in [-0.2, -0.15) is 18.3 Å². The largest absolute Gasteiger partial charge is 0.416 e. The molecule has 7 nitrogen and oxygen atoms in total. The Morgan fingerprint density at radius 1 is 1.03 bits per heavy atom. The molecule has 0 aliphatic carbocycles. The van der Waals surface area contributed by atoms with Crippen LogP contribution in [0.5, 0.6) is 0 Å². The van der Waals surface area contributed by atoms with Gasteiger partial charge in [0, 0.05) is 30.1 Å². The summed E-state index contributed by atoms with van der Waals surface area (Å²) in [6.45, 7) is 0.505. The van der Waals surface area contributed by atoms with Crippen LogP contribution in [0.4, 0.5) is 13.2 Å². The van der Waals surface area contributed by atoms with Crippen molar-refractivity contribution >= 4 is 5.91 Å². The number of halogens is 3. The Balaban J connectivity index is 1.46. The van der Waals surface area contributed by atoms with Gasteiger partial charge in [0.15, 0.2) is 0 Å². The summed E-state index contributed by atoms with van der Waals surface area (Å²) >= 11 is 0. The minimum Gasteiger partial charge on any atom is -0.329 e. The number of nitrogens with zero attached hydrogens (tertiary/aromatic N) is 5. The first-order valence-corrected chi connectivity index (χ1v) is 10.7. The molecule has 172 valence electrons. The van der Waals surface area contributed by atoms with Crippen molar-refractivity contribution in [2.24, 2.45) is 0 Å². The zero-order chi connectivity index (χ0) is 23.7. The average molecular weight is 464 g/mol. The molecule has 1 atom stereocenters. The lowest BCUT2D eigenvalue weighted by molar-refractivity contribution is -0.137. The molecular formula is C24H19F3N6O. The van der Waals surface area contributed by atoms with Crippen LogP contribution in [-0.4, -0.2) is 42.5 Å². The van der Waals surface area contributed by atoms with E-state index in [0.29, 0.717) is 41.0 Å². The molecule has 0 spiro atoms. The normalized spacial score (nSPS) is 16.1. The van der Waals surface area contributed by atoms with Crippen LogP contribution in [0.15, 0.2) is 67.4 Å².